The summed E-state index contributed by atoms with van der Waals surface area (Å²) in [7, 11) is 0. The van der Waals surface area contributed by atoms with Crippen molar-refractivity contribution in [1.82, 2.24) is 19.5 Å². The van der Waals surface area contributed by atoms with Gasteiger partial charge in [-0.05, 0) is 22.2 Å². The second kappa shape index (κ2) is 9.06. The zero-order valence-electron chi connectivity index (χ0n) is 22.4. The number of hydrogen-bond acceptors (Lipinski definition) is 4. The van der Waals surface area contributed by atoms with Crippen LogP contribution in [0.2, 0.25) is 0 Å². The maximum atomic E-state index is 5.15. The molecule has 5 heteroatoms. The van der Waals surface area contributed by atoms with Crippen LogP contribution in [0, 0.1) is 0 Å². The Balaban J connectivity index is 1.48. The smallest absolute Gasteiger partial charge is 0.238 e. The number of thiophene rings is 1. The van der Waals surface area contributed by atoms with Gasteiger partial charge in [-0.2, -0.15) is 9.97 Å². The zero-order valence-corrected chi connectivity index (χ0v) is 23.2. The van der Waals surface area contributed by atoms with Crippen molar-refractivity contribution in [3.05, 3.63) is 133 Å². The average Bonchev–Trinajstić information content (AvgIpc) is 3.61. The average molecular weight is 555 g/mol. The van der Waals surface area contributed by atoms with E-state index in [1.165, 1.54) is 41.7 Å². The van der Waals surface area contributed by atoms with Crippen LogP contribution in [0.4, 0.5) is 0 Å². The molecule has 9 aromatic rings. The molecule has 3 aromatic heterocycles. The van der Waals surface area contributed by atoms with Crippen molar-refractivity contribution < 1.29 is 0 Å². The molecular formula is C37H22N4S. The van der Waals surface area contributed by atoms with E-state index < -0.39 is 0 Å². The largest absolute Gasteiger partial charge is 0.276 e. The van der Waals surface area contributed by atoms with E-state index in [0.717, 1.165) is 22.2 Å². The molecule has 196 valence electrons. The molecule has 0 atom stereocenters. The van der Waals surface area contributed by atoms with E-state index in [1.807, 2.05) is 47.7 Å². The lowest BCUT2D eigenvalue weighted by Crippen LogP contribution is -2.06. The van der Waals surface area contributed by atoms with E-state index in [-0.39, 0.29) is 0 Å². The molecule has 0 saturated heterocycles. The molecule has 4 nitrogen and oxygen atoms in total. The van der Waals surface area contributed by atoms with Gasteiger partial charge in [0, 0.05) is 32.0 Å². The van der Waals surface area contributed by atoms with Crippen molar-refractivity contribution in [3.8, 4) is 28.7 Å². The van der Waals surface area contributed by atoms with Crippen LogP contribution in [0.25, 0.3) is 81.5 Å². The molecule has 0 N–H and O–H groups in total. The van der Waals surface area contributed by atoms with Crippen molar-refractivity contribution >= 4 is 64.1 Å². The van der Waals surface area contributed by atoms with Gasteiger partial charge in [0.1, 0.15) is 0 Å². The fraction of sp³-hybridized carbons (Fsp3) is 0. The molecule has 0 spiro atoms. The summed E-state index contributed by atoms with van der Waals surface area (Å²) in [5.74, 6) is 1.92. The lowest BCUT2D eigenvalue weighted by atomic mass is 9.98. The Morgan fingerprint density at radius 3 is 1.57 bits per heavy atom. The Morgan fingerprint density at radius 2 is 0.929 bits per heavy atom. The minimum atomic E-state index is 0.617. The molecule has 0 fully saturated rings. The van der Waals surface area contributed by atoms with Gasteiger partial charge < -0.3 is 0 Å². The SMILES string of the molecule is c1ccc(-c2nc(-c3ccccc3)nc(-n3c4ccccc4c4sc5c6ccccc6c6ccccc6c5c43)n2)cc1. The first-order valence-electron chi connectivity index (χ1n) is 14.0. The minimum absolute atomic E-state index is 0.617. The summed E-state index contributed by atoms with van der Waals surface area (Å²) in [5, 5.41) is 7.48. The monoisotopic (exact) mass is 554 g/mol. The van der Waals surface area contributed by atoms with Crippen LogP contribution < -0.4 is 0 Å². The van der Waals surface area contributed by atoms with E-state index >= 15 is 0 Å². The van der Waals surface area contributed by atoms with Crippen LogP contribution >= 0.6 is 11.3 Å². The lowest BCUT2D eigenvalue weighted by Gasteiger charge is -2.12. The highest BCUT2D eigenvalue weighted by atomic mass is 32.1. The van der Waals surface area contributed by atoms with Gasteiger partial charge >= 0.3 is 0 Å². The number of fused-ring (bicyclic) bond motifs is 10. The summed E-state index contributed by atoms with van der Waals surface area (Å²) in [6.45, 7) is 0. The van der Waals surface area contributed by atoms with E-state index in [0.29, 0.717) is 17.6 Å². The molecule has 0 amide bonds. The summed E-state index contributed by atoms with van der Waals surface area (Å²) in [6.07, 6.45) is 0. The third kappa shape index (κ3) is 3.38. The van der Waals surface area contributed by atoms with Crippen molar-refractivity contribution in [2.45, 2.75) is 0 Å². The number of aromatic nitrogens is 4. The summed E-state index contributed by atoms with van der Waals surface area (Å²) in [5.41, 5.74) is 4.14. The fourth-order valence-corrected chi connectivity index (χ4v) is 7.57. The van der Waals surface area contributed by atoms with Crippen molar-refractivity contribution in [2.24, 2.45) is 0 Å². The van der Waals surface area contributed by atoms with E-state index in [1.54, 1.807) is 0 Å². The van der Waals surface area contributed by atoms with Crippen molar-refractivity contribution in [1.29, 1.82) is 0 Å². The Kier molecular flexibility index (Phi) is 5.03. The highest BCUT2D eigenvalue weighted by molar-refractivity contribution is 7.27. The van der Waals surface area contributed by atoms with Crippen LogP contribution in [-0.2, 0) is 0 Å². The predicted octanol–water partition coefficient (Wildman–Crippen LogP) is 9.82. The number of nitrogens with zero attached hydrogens (tertiary/aromatic N) is 4. The van der Waals surface area contributed by atoms with E-state index in [2.05, 4.69) is 102 Å². The first-order valence-corrected chi connectivity index (χ1v) is 14.8. The molecule has 3 heterocycles. The summed E-state index contributed by atoms with van der Waals surface area (Å²) < 4.78 is 4.78. The molecule has 6 aromatic carbocycles. The molecule has 0 bridgehead atoms. The van der Waals surface area contributed by atoms with Crippen LogP contribution in [0.15, 0.2) is 133 Å². The van der Waals surface area contributed by atoms with Gasteiger partial charge in [-0.25, -0.2) is 4.98 Å². The molecular weight excluding hydrogens is 533 g/mol. The first-order chi connectivity index (χ1) is 20.8. The van der Waals surface area contributed by atoms with Gasteiger partial charge in [0.05, 0.1) is 15.7 Å². The Hall–Kier alpha value is -5.39. The number of benzene rings is 6. The van der Waals surface area contributed by atoms with Gasteiger partial charge in [-0.3, -0.25) is 4.57 Å². The maximum Gasteiger partial charge on any atom is 0.238 e. The van der Waals surface area contributed by atoms with Gasteiger partial charge in [0.25, 0.3) is 0 Å². The minimum Gasteiger partial charge on any atom is -0.276 e. The normalized spacial score (nSPS) is 11.8. The van der Waals surface area contributed by atoms with Crippen molar-refractivity contribution in [2.75, 3.05) is 0 Å². The second-order valence-electron chi connectivity index (χ2n) is 10.4. The van der Waals surface area contributed by atoms with Crippen LogP contribution in [0.1, 0.15) is 0 Å². The molecule has 0 unspecified atom stereocenters. The summed E-state index contributed by atoms with van der Waals surface area (Å²) in [6, 6.07) is 46.4. The van der Waals surface area contributed by atoms with E-state index in [4.69, 9.17) is 15.0 Å². The Labute approximate surface area is 245 Å². The van der Waals surface area contributed by atoms with Gasteiger partial charge in [0.15, 0.2) is 11.6 Å². The number of para-hydroxylation sites is 1. The van der Waals surface area contributed by atoms with Gasteiger partial charge in [-0.1, -0.05) is 127 Å². The topological polar surface area (TPSA) is 43.6 Å². The standard InChI is InChI=1S/C37H22N4S/c1-3-13-23(14-4-1)35-38-36(24-15-5-2-6-16-24)40-37(39-35)41-30-22-12-11-21-29(30)34-32(41)31-27-19-9-7-17-25(27)26-18-8-10-20-28(26)33(31)42-34/h1-22H. The highest BCUT2D eigenvalue weighted by Crippen LogP contribution is 2.47. The second-order valence-corrected chi connectivity index (χ2v) is 11.5. The van der Waals surface area contributed by atoms with Crippen LogP contribution in [-0.4, -0.2) is 19.5 Å². The Bertz CT molecular complexity index is 2400. The molecule has 0 aliphatic carbocycles. The molecule has 42 heavy (non-hydrogen) atoms. The maximum absolute atomic E-state index is 5.15. The Morgan fingerprint density at radius 1 is 0.429 bits per heavy atom. The highest BCUT2D eigenvalue weighted by Gasteiger charge is 2.23. The molecule has 0 aliphatic heterocycles. The van der Waals surface area contributed by atoms with Crippen LogP contribution in [0.5, 0.6) is 0 Å². The molecule has 0 aliphatic rings. The number of rotatable bonds is 3. The molecule has 9 rings (SSSR count). The third-order valence-corrected chi connectivity index (χ3v) is 9.29. The van der Waals surface area contributed by atoms with Gasteiger partial charge in [-0.15, -0.1) is 11.3 Å². The van der Waals surface area contributed by atoms with Crippen LogP contribution in [0.3, 0.4) is 0 Å². The first kappa shape index (κ1) is 23.3. The number of hydrogen-bond donors (Lipinski definition) is 0. The molecule has 0 radical (unpaired) electrons. The van der Waals surface area contributed by atoms with Crippen molar-refractivity contribution in [3.63, 3.8) is 0 Å². The zero-order chi connectivity index (χ0) is 27.6. The summed E-state index contributed by atoms with van der Waals surface area (Å²) >= 11 is 1.86. The quantitative estimate of drug-likeness (QED) is 0.204. The van der Waals surface area contributed by atoms with E-state index in [9.17, 15) is 0 Å². The lowest BCUT2D eigenvalue weighted by molar-refractivity contribution is 0.955. The fourth-order valence-electron chi connectivity index (χ4n) is 6.20. The third-order valence-electron chi connectivity index (χ3n) is 8.04. The van der Waals surface area contributed by atoms with Gasteiger partial charge in [0.2, 0.25) is 5.95 Å². The molecule has 0 saturated carbocycles. The predicted molar refractivity (Wildman–Crippen MR) is 175 cm³/mol. The summed E-state index contributed by atoms with van der Waals surface area (Å²) in [4.78, 5) is 15.2.